The summed E-state index contributed by atoms with van der Waals surface area (Å²) in [5.74, 6) is 2.82. The van der Waals surface area contributed by atoms with Crippen LogP contribution in [0.1, 0.15) is 19.3 Å². The number of fused-ring (bicyclic) bond motifs is 2. The lowest BCUT2D eigenvalue weighted by atomic mass is 10.1. The molecule has 2 rings (SSSR count). The van der Waals surface area contributed by atoms with E-state index in [0.717, 1.165) is 25.0 Å². The maximum atomic E-state index is 5.79. The predicted molar refractivity (Wildman–Crippen MR) is 64.2 cm³/mol. The molecule has 0 unspecified atom stereocenters. The topological polar surface area (TPSA) is 18.5 Å². The Morgan fingerprint density at radius 3 is 2.60 bits per heavy atom. The van der Waals surface area contributed by atoms with Crippen LogP contribution in [0, 0.1) is 11.8 Å². The summed E-state index contributed by atoms with van der Waals surface area (Å²) in [6, 6.07) is 0. The van der Waals surface area contributed by atoms with E-state index in [9.17, 15) is 0 Å². The monoisotopic (exact) mass is 226 g/mol. The Bertz CT molecular complexity index is 255. The van der Waals surface area contributed by atoms with Crippen molar-refractivity contribution in [2.45, 2.75) is 38.9 Å². The van der Waals surface area contributed by atoms with Crippen molar-refractivity contribution in [2.24, 2.45) is 11.8 Å². The van der Waals surface area contributed by atoms with Crippen LogP contribution in [0.3, 0.4) is 0 Å². The average molecular weight is 226 g/mol. The maximum Gasteiger partial charge on any atom is 0.183 e. The normalized spacial score (nSPS) is 29.4. The molecule has 1 saturated carbocycles. The molecule has 2 aliphatic carbocycles. The number of ether oxygens (including phenoxy) is 1. The molecule has 0 heterocycles. The molecule has 0 aromatic rings. The van der Waals surface area contributed by atoms with Crippen LogP contribution >= 0.6 is 0 Å². The molecule has 2 aliphatic rings. The van der Waals surface area contributed by atoms with Gasteiger partial charge in [0.25, 0.3) is 0 Å². The van der Waals surface area contributed by atoms with Crippen molar-refractivity contribution in [3.05, 3.63) is 11.8 Å². The summed E-state index contributed by atoms with van der Waals surface area (Å²) < 4.78 is 11.5. The maximum absolute atomic E-state index is 5.79. The van der Waals surface area contributed by atoms with Gasteiger partial charge in [0.05, 0.1) is 12.4 Å². The molecule has 0 amide bonds. The highest BCUT2D eigenvalue weighted by Gasteiger charge is 2.33. The first-order valence-corrected chi connectivity index (χ1v) is 9.44. The van der Waals surface area contributed by atoms with Crippen LogP contribution in [0.4, 0.5) is 0 Å². The zero-order valence-electron chi connectivity index (χ0n) is 10.1. The quantitative estimate of drug-likeness (QED) is 0.529. The van der Waals surface area contributed by atoms with E-state index in [4.69, 9.17) is 9.16 Å². The van der Waals surface area contributed by atoms with Gasteiger partial charge in [-0.3, -0.25) is 0 Å². The summed E-state index contributed by atoms with van der Waals surface area (Å²) in [6.07, 6.45) is 6.39. The van der Waals surface area contributed by atoms with E-state index >= 15 is 0 Å². The smallest absolute Gasteiger partial charge is 0.183 e. The van der Waals surface area contributed by atoms with Crippen LogP contribution in [0.25, 0.3) is 0 Å². The second-order valence-electron chi connectivity index (χ2n) is 5.65. The average Bonchev–Trinajstić information content (AvgIpc) is 2.71. The van der Waals surface area contributed by atoms with Gasteiger partial charge >= 0.3 is 0 Å². The van der Waals surface area contributed by atoms with Gasteiger partial charge in [0, 0.05) is 5.92 Å². The minimum absolute atomic E-state index is 0.735. The first-order valence-electron chi connectivity index (χ1n) is 6.03. The van der Waals surface area contributed by atoms with Crippen LogP contribution in [0.5, 0.6) is 0 Å². The lowest BCUT2D eigenvalue weighted by Crippen LogP contribution is -2.27. The van der Waals surface area contributed by atoms with Crippen molar-refractivity contribution >= 4 is 8.32 Å². The lowest BCUT2D eigenvalue weighted by Gasteiger charge is -2.19. The van der Waals surface area contributed by atoms with Crippen molar-refractivity contribution in [1.29, 1.82) is 0 Å². The lowest BCUT2D eigenvalue weighted by molar-refractivity contribution is 0.134. The molecule has 0 N–H and O–H groups in total. The molecular weight excluding hydrogens is 204 g/mol. The Hall–Kier alpha value is -0.283. The minimum Gasteiger partial charge on any atom is -0.496 e. The molecule has 0 saturated heterocycles. The SMILES string of the molecule is C[Si](C)(C)OCCOC1=C[C@H]2CC[C@@H]1C2. The molecule has 2 atom stereocenters. The predicted octanol–water partition coefficient (Wildman–Crippen LogP) is 3.17. The second kappa shape index (κ2) is 4.30. The molecule has 0 radical (unpaired) electrons. The summed E-state index contributed by atoms with van der Waals surface area (Å²) in [5, 5.41) is 0. The summed E-state index contributed by atoms with van der Waals surface area (Å²) in [5.41, 5.74) is 0. The van der Waals surface area contributed by atoms with Crippen LogP contribution in [-0.2, 0) is 9.16 Å². The minimum atomic E-state index is -1.35. The highest BCUT2D eigenvalue weighted by atomic mass is 28.4. The van der Waals surface area contributed by atoms with Gasteiger partial charge in [-0.15, -0.1) is 0 Å². The van der Waals surface area contributed by atoms with Crippen LogP contribution in [0.15, 0.2) is 11.8 Å². The summed E-state index contributed by atoms with van der Waals surface area (Å²) in [6.45, 7) is 8.13. The van der Waals surface area contributed by atoms with E-state index in [-0.39, 0.29) is 0 Å². The Morgan fingerprint density at radius 1 is 1.27 bits per heavy atom. The van der Waals surface area contributed by atoms with Gasteiger partial charge in [0.2, 0.25) is 0 Å². The first kappa shape index (κ1) is 11.2. The summed E-state index contributed by atoms with van der Waals surface area (Å²) >= 11 is 0. The van der Waals surface area contributed by atoms with E-state index in [1.54, 1.807) is 0 Å². The summed E-state index contributed by atoms with van der Waals surface area (Å²) in [4.78, 5) is 0. The van der Waals surface area contributed by atoms with Gasteiger partial charge in [-0.2, -0.15) is 0 Å². The molecule has 2 nitrogen and oxygen atoms in total. The molecule has 0 aliphatic heterocycles. The van der Waals surface area contributed by atoms with Crippen LogP contribution in [0.2, 0.25) is 19.6 Å². The van der Waals surface area contributed by atoms with Crippen molar-refractivity contribution in [1.82, 2.24) is 0 Å². The van der Waals surface area contributed by atoms with Gasteiger partial charge in [-0.05, 0) is 50.9 Å². The van der Waals surface area contributed by atoms with Crippen molar-refractivity contribution in [2.75, 3.05) is 13.2 Å². The van der Waals surface area contributed by atoms with Gasteiger partial charge in [-0.25, -0.2) is 0 Å². The third-order valence-electron chi connectivity index (χ3n) is 3.16. The zero-order valence-corrected chi connectivity index (χ0v) is 11.1. The molecule has 15 heavy (non-hydrogen) atoms. The van der Waals surface area contributed by atoms with Gasteiger partial charge in [-0.1, -0.05) is 0 Å². The Balaban J connectivity index is 1.65. The number of hydrogen-bond donors (Lipinski definition) is 0. The summed E-state index contributed by atoms with van der Waals surface area (Å²) in [7, 11) is -1.35. The highest BCUT2D eigenvalue weighted by Crippen LogP contribution is 2.43. The molecule has 86 valence electrons. The van der Waals surface area contributed by atoms with E-state index < -0.39 is 8.32 Å². The Morgan fingerprint density at radius 2 is 2.07 bits per heavy atom. The zero-order chi connectivity index (χ0) is 10.9. The third-order valence-corrected chi connectivity index (χ3v) is 4.23. The number of hydrogen-bond acceptors (Lipinski definition) is 2. The third kappa shape index (κ3) is 3.08. The van der Waals surface area contributed by atoms with Gasteiger partial charge in [0.1, 0.15) is 6.61 Å². The highest BCUT2D eigenvalue weighted by molar-refractivity contribution is 6.69. The molecule has 0 spiro atoms. The van der Waals surface area contributed by atoms with E-state index in [1.165, 1.54) is 25.0 Å². The molecule has 1 fully saturated rings. The first-order chi connectivity index (χ1) is 7.04. The van der Waals surface area contributed by atoms with Crippen molar-refractivity contribution in [3.63, 3.8) is 0 Å². The second-order valence-corrected chi connectivity index (χ2v) is 10.2. The van der Waals surface area contributed by atoms with Crippen LogP contribution < -0.4 is 0 Å². The Kier molecular flexibility index (Phi) is 3.21. The van der Waals surface area contributed by atoms with Crippen LogP contribution in [-0.4, -0.2) is 21.5 Å². The van der Waals surface area contributed by atoms with E-state index in [2.05, 4.69) is 25.7 Å². The van der Waals surface area contributed by atoms with E-state index in [1.807, 2.05) is 0 Å². The fraction of sp³-hybridized carbons (Fsp3) is 0.833. The van der Waals surface area contributed by atoms with Crippen molar-refractivity contribution < 1.29 is 9.16 Å². The molecule has 0 aromatic carbocycles. The van der Waals surface area contributed by atoms with E-state index in [0.29, 0.717) is 0 Å². The number of allylic oxidation sites excluding steroid dienone is 2. The fourth-order valence-corrected chi connectivity index (χ4v) is 3.16. The van der Waals surface area contributed by atoms with Gasteiger partial charge in [0.15, 0.2) is 8.32 Å². The van der Waals surface area contributed by atoms with Gasteiger partial charge < -0.3 is 9.16 Å². The van der Waals surface area contributed by atoms with Crippen molar-refractivity contribution in [3.8, 4) is 0 Å². The molecule has 3 heteroatoms. The standard InChI is InChI=1S/C12H22O2Si/c1-15(2,3)14-7-6-13-12-9-10-4-5-11(12)8-10/h9-11H,4-8H2,1-3H3/t10-,11+/m0/s1. The molecule has 0 aromatic heterocycles. The fourth-order valence-electron chi connectivity index (χ4n) is 2.47. The number of rotatable bonds is 5. The Labute approximate surface area is 93.8 Å². The molecular formula is C12H22O2Si. The largest absolute Gasteiger partial charge is 0.496 e. The molecule has 2 bridgehead atoms.